The minimum Gasteiger partial charge on any atom is -0.350 e. The first kappa shape index (κ1) is 16.5. The van der Waals surface area contributed by atoms with Crippen LogP contribution in [0.25, 0.3) is 0 Å². The number of nitrogens with zero attached hydrogens (tertiary/aromatic N) is 1. The fourth-order valence-electron chi connectivity index (χ4n) is 3.32. The van der Waals surface area contributed by atoms with Gasteiger partial charge in [0.1, 0.15) is 0 Å². The van der Waals surface area contributed by atoms with Crippen molar-refractivity contribution < 1.29 is 9.59 Å². The molecule has 1 aromatic rings. The highest BCUT2D eigenvalue weighted by atomic mass is 16.2. The molecular formula is C18H26N2O2. The molecule has 1 N–H and O–H groups in total. The third kappa shape index (κ3) is 3.32. The quantitative estimate of drug-likeness (QED) is 0.932. The van der Waals surface area contributed by atoms with Crippen molar-refractivity contribution in [2.75, 3.05) is 0 Å². The standard InChI is InChI=1S/C18H26N2O2/c1-11-10-16(14(4)19-15(5)21)8-9-17(11)18(22)20-12(2)6-7-13(20)3/h8-10,12-14H,6-7H2,1-5H3,(H,19,21). The Hall–Kier alpha value is -1.84. The number of carbonyl (C=O) groups is 2. The number of hydrogen-bond donors (Lipinski definition) is 1. The van der Waals surface area contributed by atoms with E-state index in [1.54, 1.807) is 0 Å². The highest BCUT2D eigenvalue weighted by molar-refractivity contribution is 5.96. The van der Waals surface area contributed by atoms with Gasteiger partial charge in [-0.25, -0.2) is 0 Å². The van der Waals surface area contributed by atoms with Gasteiger partial charge < -0.3 is 10.2 Å². The van der Waals surface area contributed by atoms with Crippen molar-refractivity contribution in [3.8, 4) is 0 Å². The lowest BCUT2D eigenvalue weighted by Crippen LogP contribution is -2.38. The zero-order chi connectivity index (χ0) is 16.4. The molecule has 2 rings (SSSR count). The largest absolute Gasteiger partial charge is 0.350 e. The van der Waals surface area contributed by atoms with Gasteiger partial charge in [-0.3, -0.25) is 9.59 Å². The number of carbonyl (C=O) groups excluding carboxylic acids is 2. The van der Waals surface area contributed by atoms with Crippen molar-refractivity contribution in [3.63, 3.8) is 0 Å². The molecular weight excluding hydrogens is 276 g/mol. The first-order valence-corrected chi connectivity index (χ1v) is 8.01. The molecule has 3 atom stereocenters. The summed E-state index contributed by atoms with van der Waals surface area (Å²) < 4.78 is 0. The summed E-state index contributed by atoms with van der Waals surface area (Å²) in [5.41, 5.74) is 2.75. The van der Waals surface area contributed by atoms with E-state index in [1.807, 2.05) is 36.9 Å². The first-order chi connectivity index (χ1) is 10.3. The van der Waals surface area contributed by atoms with E-state index in [0.29, 0.717) is 12.1 Å². The topological polar surface area (TPSA) is 49.4 Å². The minimum absolute atomic E-state index is 0.0509. The molecule has 0 bridgehead atoms. The average Bonchev–Trinajstić information content (AvgIpc) is 2.76. The van der Waals surface area contributed by atoms with Crippen LogP contribution in [0.5, 0.6) is 0 Å². The van der Waals surface area contributed by atoms with Crippen molar-refractivity contribution in [1.29, 1.82) is 0 Å². The van der Waals surface area contributed by atoms with Crippen LogP contribution in [0.4, 0.5) is 0 Å². The van der Waals surface area contributed by atoms with Crippen LogP contribution in [-0.4, -0.2) is 28.8 Å². The summed E-state index contributed by atoms with van der Waals surface area (Å²) in [6.45, 7) is 9.65. The van der Waals surface area contributed by atoms with Gasteiger partial charge in [-0.05, 0) is 57.7 Å². The molecule has 0 radical (unpaired) electrons. The number of nitrogens with one attached hydrogen (secondary N) is 1. The third-order valence-electron chi connectivity index (χ3n) is 4.59. The van der Waals surface area contributed by atoms with Gasteiger partial charge >= 0.3 is 0 Å². The van der Waals surface area contributed by atoms with Gasteiger partial charge in [-0.2, -0.15) is 0 Å². The van der Waals surface area contributed by atoms with Crippen molar-refractivity contribution in [1.82, 2.24) is 10.2 Å². The summed E-state index contributed by atoms with van der Waals surface area (Å²) in [6, 6.07) is 6.39. The van der Waals surface area contributed by atoms with E-state index in [9.17, 15) is 9.59 Å². The third-order valence-corrected chi connectivity index (χ3v) is 4.59. The smallest absolute Gasteiger partial charge is 0.254 e. The van der Waals surface area contributed by atoms with E-state index >= 15 is 0 Å². The van der Waals surface area contributed by atoms with Crippen LogP contribution in [0.3, 0.4) is 0 Å². The molecule has 0 saturated carbocycles. The van der Waals surface area contributed by atoms with Crippen LogP contribution in [0, 0.1) is 6.92 Å². The van der Waals surface area contributed by atoms with Gasteiger partial charge in [0.05, 0.1) is 6.04 Å². The molecule has 120 valence electrons. The fourth-order valence-corrected chi connectivity index (χ4v) is 3.32. The van der Waals surface area contributed by atoms with Gasteiger partial charge in [0, 0.05) is 24.6 Å². The average molecular weight is 302 g/mol. The van der Waals surface area contributed by atoms with Crippen LogP contribution in [0.2, 0.25) is 0 Å². The van der Waals surface area contributed by atoms with E-state index in [2.05, 4.69) is 19.2 Å². The number of likely N-dealkylation sites (tertiary alicyclic amines) is 1. The molecule has 4 nitrogen and oxygen atoms in total. The Labute approximate surface area is 132 Å². The molecule has 1 fully saturated rings. The van der Waals surface area contributed by atoms with E-state index in [1.165, 1.54) is 6.92 Å². The molecule has 4 heteroatoms. The number of aryl methyl sites for hydroxylation is 1. The maximum absolute atomic E-state index is 12.8. The maximum atomic E-state index is 12.8. The second-order valence-electron chi connectivity index (χ2n) is 6.48. The number of hydrogen-bond acceptors (Lipinski definition) is 2. The normalized spacial score (nSPS) is 22.5. The summed E-state index contributed by atoms with van der Waals surface area (Å²) in [5.74, 6) is 0.0683. The number of amides is 2. The van der Waals surface area contributed by atoms with Gasteiger partial charge in [-0.15, -0.1) is 0 Å². The maximum Gasteiger partial charge on any atom is 0.254 e. The molecule has 0 aromatic heterocycles. The van der Waals surface area contributed by atoms with Crippen molar-refractivity contribution in [2.45, 2.75) is 65.6 Å². The van der Waals surface area contributed by atoms with Crippen molar-refractivity contribution in [3.05, 3.63) is 34.9 Å². The molecule has 1 aromatic carbocycles. The van der Waals surface area contributed by atoms with E-state index in [0.717, 1.165) is 29.5 Å². The molecule has 2 amide bonds. The molecule has 0 aliphatic carbocycles. The van der Waals surface area contributed by atoms with E-state index < -0.39 is 0 Å². The van der Waals surface area contributed by atoms with E-state index in [4.69, 9.17) is 0 Å². The molecule has 3 unspecified atom stereocenters. The Bertz CT molecular complexity index is 572. The summed E-state index contributed by atoms with van der Waals surface area (Å²) in [6.07, 6.45) is 2.15. The predicted molar refractivity (Wildman–Crippen MR) is 87.7 cm³/mol. The molecule has 22 heavy (non-hydrogen) atoms. The summed E-state index contributed by atoms with van der Waals surface area (Å²) >= 11 is 0. The predicted octanol–water partition coefficient (Wildman–Crippen LogP) is 3.21. The van der Waals surface area contributed by atoms with Gasteiger partial charge in [0.25, 0.3) is 5.91 Å². The lowest BCUT2D eigenvalue weighted by atomic mass is 10.00. The second kappa shape index (κ2) is 6.51. The molecule has 0 spiro atoms. The monoisotopic (exact) mass is 302 g/mol. The Kier molecular flexibility index (Phi) is 4.89. The van der Waals surface area contributed by atoms with Gasteiger partial charge in [0.2, 0.25) is 5.91 Å². The zero-order valence-electron chi connectivity index (χ0n) is 14.1. The van der Waals surface area contributed by atoms with Crippen molar-refractivity contribution >= 4 is 11.8 Å². The SMILES string of the molecule is CC(=O)NC(C)c1ccc(C(=O)N2C(C)CCC2C)c(C)c1. The summed E-state index contributed by atoms with van der Waals surface area (Å²) in [7, 11) is 0. The molecule has 1 saturated heterocycles. The molecule has 1 heterocycles. The lowest BCUT2D eigenvalue weighted by molar-refractivity contribution is -0.119. The van der Waals surface area contributed by atoms with Crippen LogP contribution in [-0.2, 0) is 4.79 Å². The zero-order valence-corrected chi connectivity index (χ0v) is 14.1. The number of benzene rings is 1. The Balaban J connectivity index is 2.22. The van der Waals surface area contributed by atoms with Crippen LogP contribution < -0.4 is 5.32 Å². The summed E-state index contributed by atoms with van der Waals surface area (Å²) in [5, 5.41) is 2.87. The van der Waals surface area contributed by atoms with Crippen molar-refractivity contribution in [2.24, 2.45) is 0 Å². The molecule has 1 aliphatic rings. The van der Waals surface area contributed by atoms with Gasteiger partial charge in [-0.1, -0.05) is 12.1 Å². The van der Waals surface area contributed by atoms with Gasteiger partial charge in [0.15, 0.2) is 0 Å². The molecule has 1 aliphatic heterocycles. The Morgan fingerprint density at radius 3 is 2.32 bits per heavy atom. The highest BCUT2D eigenvalue weighted by Crippen LogP contribution is 2.27. The Morgan fingerprint density at radius 2 is 1.82 bits per heavy atom. The second-order valence-corrected chi connectivity index (χ2v) is 6.48. The minimum atomic E-state index is -0.0509. The highest BCUT2D eigenvalue weighted by Gasteiger charge is 2.32. The van der Waals surface area contributed by atoms with Crippen LogP contribution >= 0.6 is 0 Å². The lowest BCUT2D eigenvalue weighted by Gasteiger charge is -2.27. The Morgan fingerprint density at radius 1 is 1.23 bits per heavy atom. The fraction of sp³-hybridized carbons (Fsp3) is 0.556. The van der Waals surface area contributed by atoms with Crippen LogP contribution in [0.1, 0.15) is 68.1 Å². The summed E-state index contributed by atoms with van der Waals surface area (Å²) in [4.78, 5) is 26.0. The first-order valence-electron chi connectivity index (χ1n) is 8.01. The van der Waals surface area contributed by atoms with Crippen LogP contribution in [0.15, 0.2) is 18.2 Å². The number of rotatable bonds is 3. The van der Waals surface area contributed by atoms with E-state index in [-0.39, 0.29) is 17.9 Å².